The lowest BCUT2D eigenvalue weighted by Gasteiger charge is -2.26. The third-order valence-corrected chi connectivity index (χ3v) is 4.54. The Labute approximate surface area is 123 Å². The van der Waals surface area contributed by atoms with E-state index in [2.05, 4.69) is 5.32 Å². The average Bonchev–Trinajstić information content (AvgIpc) is 2.43. The van der Waals surface area contributed by atoms with Gasteiger partial charge in [-0.1, -0.05) is 12.1 Å². The zero-order chi connectivity index (χ0) is 14.4. The van der Waals surface area contributed by atoms with Crippen molar-refractivity contribution in [2.75, 3.05) is 5.75 Å². The van der Waals surface area contributed by atoms with Crippen LogP contribution in [0.5, 0.6) is 0 Å². The molecular weight excluding hydrogens is 277 g/mol. The first-order chi connectivity index (χ1) is 9.65. The number of aliphatic hydroxyl groups excluding tert-OH is 1. The highest BCUT2D eigenvalue weighted by Crippen LogP contribution is 2.22. The lowest BCUT2D eigenvalue weighted by molar-refractivity contribution is -0.121. The van der Waals surface area contributed by atoms with Crippen molar-refractivity contribution in [3.05, 3.63) is 30.1 Å². The number of rotatable bonds is 5. The van der Waals surface area contributed by atoms with Gasteiger partial charge in [0.05, 0.1) is 6.10 Å². The van der Waals surface area contributed by atoms with Gasteiger partial charge in [-0.05, 0) is 37.8 Å². The second kappa shape index (κ2) is 7.64. The van der Waals surface area contributed by atoms with Crippen molar-refractivity contribution in [3.8, 4) is 0 Å². The number of nitrogens with one attached hydrogen (secondary N) is 1. The van der Waals surface area contributed by atoms with Crippen molar-refractivity contribution < 1.29 is 14.3 Å². The molecule has 0 aromatic heterocycles. The quantitative estimate of drug-likeness (QED) is 0.822. The van der Waals surface area contributed by atoms with Crippen molar-refractivity contribution in [3.63, 3.8) is 0 Å². The van der Waals surface area contributed by atoms with Gasteiger partial charge in [0.25, 0.3) is 0 Å². The molecule has 0 unspecified atom stereocenters. The Morgan fingerprint density at radius 1 is 1.30 bits per heavy atom. The number of carbonyl (C=O) groups excluding carboxylic acids is 1. The molecule has 1 aliphatic rings. The Hall–Kier alpha value is -1.07. The highest BCUT2D eigenvalue weighted by Gasteiger charge is 2.20. The largest absolute Gasteiger partial charge is 0.393 e. The fourth-order valence-corrected chi connectivity index (χ4v) is 3.22. The maximum Gasteiger partial charge on any atom is 0.221 e. The molecule has 0 heterocycles. The number of benzene rings is 1. The zero-order valence-corrected chi connectivity index (χ0v) is 12.2. The van der Waals surface area contributed by atoms with Gasteiger partial charge in [-0.15, -0.1) is 11.8 Å². The van der Waals surface area contributed by atoms with Crippen LogP contribution in [0.4, 0.5) is 4.39 Å². The third kappa shape index (κ3) is 4.80. The number of thioether (sulfide) groups is 1. The number of amides is 1. The first-order valence-corrected chi connectivity index (χ1v) is 7.98. The monoisotopic (exact) mass is 297 g/mol. The van der Waals surface area contributed by atoms with Crippen LogP contribution in [-0.2, 0) is 4.79 Å². The van der Waals surface area contributed by atoms with Crippen LogP contribution in [0.3, 0.4) is 0 Å². The molecule has 1 aromatic rings. The fraction of sp³-hybridized carbons (Fsp3) is 0.533. The summed E-state index contributed by atoms with van der Waals surface area (Å²) < 4.78 is 13.4. The first-order valence-electron chi connectivity index (χ1n) is 7.00. The summed E-state index contributed by atoms with van der Waals surface area (Å²) >= 11 is 1.36. The Balaban J connectivity index is 1.67. The zero-order valence-electron chi connectivity index (χ0n) is 11.3. The van der Waals surface area contributed by atoms with Crippen LogP contribution in [0.15, 0.2) is 29.2 Å². The predicted octanol–water partition coefficient (Wildman–Crippen LogP) is 2.73. The maximum absolute atomic E-state index is 13.4. The van der Waals surface area contributed by atoms with Crippen molar-refractivity contribution in [2.24, 2.45) is 0 Å². The van der Waals surface area contributed by atoms with Gasteiger partial charge in [0.1, 0.15) is 5.82 Å². The standard InChI is InChI=1S/C15H20FNO2S/c16-13-3-1-2-4-14(13)20-10-9-15(19)17-11-5-7-12(18)8-6-11/h1-4,11-12,18H,5-10H2,(H,17,19). The van der Waals surface area contributed by atoms with E-state index >= 15 is 0 Å². The van der Waals surface area contributed by atoms with Gasteiger partial charge in [0.2, 0.25) is 5.91 Å². The van der Waals surface area contributed by atoms with Crippen LogP contribution >= 0.6 is 11.8 Å². The minimum absolute atomic E-state index is 0.00947. The molecule has 0 aliphatic heterocycles. The molecule has 0 radical (unpaired) electrons. The number of aliphatic hydroxyl groups is 1. The minimum Gasteiger partial charge on any atom is -0.393 e. The minimum atomic E-state index is -0.237. The summed E-state index contributed by atoms with van der Waals surface area (Å²) in [5.41, 5.74) is 0. The van der Waals surface area contributed by atoms with E-state index in [1.165, 1.54) is 17.8 Å². The van der Waals surface area contributed by atoms with Gasteiger partial charge in [0.15, 0.2) is 0 Å². The first kappa shape index (κ1) is 15.3. The second-order valence-electron chi connectivity index (χ2n) is 5.10. The molecule has 0 spiro atoms. The lowest BCUT2D eigenvalue weighted by atomic mass is 9.93. The van der Waals surface area contributed by atoms with Gasteiger partial charge in [-0.3, -0.25) is 4.79 Å². The molecule has 110 valence electrons. The van der Waals surface area contributed by atoms with Crippen molar-refractivity contribution in [2.45, 2.75) is 49.1 Å². The van der Waals surface area contributed by atoms with Gasteiger partial charge in [0, 0.05) is 23.1 Å². The predicted molar refractivity (Wildman–Crippen MR) is 78.1 cm³/mol. The third-order valence-electron chi connectivity index (χ3n) is 3.49. The Morgan fingerprint density at radius 2 is 2.00 bits per heavy atom. The van der Waals surface area contributed by atoms with E-state index in [4.69, 9.17) is 0 Å². The Morgan fingerprint density at radius 3 is 2.70 bits per heavy atom. The van der Waals surface area contributed by atoms with Gasteiger partial charge < -0.3 is 10.4 Å². The molecule has 0 saturated heterocycles. The van der Waals surface area contributed by atoms with Gasteiger partial charge in [-0.25, -0.2) is 4.39 Å². The normalized spacial score (nSPS) is 22.5. The van der Waals surface area contributed by atoms with Crippen LogP contribution in [0.2, 0.25) is 0 Å². The maximum atomic E-state index is 13.4. The molecule has 5 heteroatoms. The van der Waals surface area contributed by atoms with E-state index in [1.807, 2.05) is 0 Å². The van der Waals surface area contributed by atoms with Crippen LogP contribution in [-0.4, -0.2) is 28.9 Å². The topological polar surface area (TPSA) is 49.3 Å². The van der Waals surface area contributed by atoms with Crippen LogP contribution in [0.1, 0.15) is 32.1 Å². The number of carbonyl (C=O) groups is 1. The summed E-state index contributed by atoms with van der Waals surface area (Å²) in [6, 6.07) is 6.78. The van der Waals surface area contributed by atoms with Gasteiger partial charge in [-0.2, -0.15) is 0 Å². The van der Waals surface area contributed by atoms with Crippen molar-refractivity contribution in [1.82, 2.24) is 5.32 Å². The Bertz CT molecular complexity index is 447. The van der Waals surface area contributed by atoms with E-state index in [0.717, 1.165) is 25.7 Å². The molecule has 1 aliphatic carbocycles. The highest BCUT2D eigenvalue weighted by molar-refractivity contribution is 7.99. The van der Waals surface area contributed by atoms with Gasteiger partial charge >= 0.3 is 0 Å². The molecular formula is C15H20FNO2S. The molecule has 1 saturated carbocycles. The van der Waals surface area contributed by atoms with Crippen molar-refractivity contribution >= 4 is 17.7 Å². The molecule has 1 amide bonds. The summed E-state index contributed by atoms with van der Waals surface area (Å²) in [4.78, 5) is 12.4. The SMILES string of the molecule is O=C(CCSc1ccccc1F)NC1CCC(O)CC1. The van der Waals surface area contributed by atoms with E-state index in [9.17, 15) is 14.3 Å². The average molecular weight is 297 g/mol. The summed E-state index contributed by atoms with van der Waals surface area (Å²) in [6.07, 6.45) is 3.38. The molecule has 1 fully saturated rings. The fourth-order valence-electron chi connectivity index (χ4n) is 2.34. The number of hydrogen-bond acceptors (Lipinski definition) is 3. The highest BCUT2D eigenvalue weighted by atomic mass is 32.2. The summed E-state index contributed by atoms with van der Waals surface area (Å²) in [5.74, 6) is 0.344. The molecule has 1 aromatic carbocycles. The second-order valence-corrected chi connectivity index (χ2v) is 6.24. The molecule has 0 atom stereocenters. The van der Waals surface area contributed by atoms with Crippen LogP contribution in [0.25, 0.3) is 0 Å². The molecule has 3 nitrogen and oxygen atoms in total. The summed E-state index contributed by atoms with van der Waals surface area (Å²) in [6.45, 7) is 0. The van der Waals surface area contributed by atoms with E-state index in [1.54, 1.807) is 18.2 Å². The van der Waals surface area contributed by atoms with E-state index < -0.39 is 0 Å². The smallest absolute Gasteiger partial charge is 0.221 e. The lowest BCUT2D eigenvalue weighted by Crippen LogP contribution is -2.38. The van der Waals surface area contributed by atoms with Crippen LogP contribution < -0.4 is 5.32 Å². The molecule has 2 rings (SSSR count). The molecule has 20 heavy (non-hydrogen) atoms. The van der Waals surface area contributed by atoms with Crippen molar-refractivity contribution in [1.29, 1.82) is 0 Å². The van der Waals surface area contributed by atoms with E-state index in [0.29, 0.717) is 17.1 Å². The molecule has 0 bridgehead atoms. The number of hydrogen-bond donors (Lipinski definition) is 2. The Kier molecular flexibility index (Phi) is 5.86. The summed E-state index contributed by atoms with van der Waals surface area (Å²) in [7, 11) is 0. The number of halogens is 1. The summed E-state index contributed by atoms with van der Waals surface area (Å²) in [5, 5.41) is 12.4. The van der Waals surface area contributed by atoms with Crippen LogP contribution in [0, 0.1) is 5.82 Å². The molecule has 2 N–H and O–H groups in total. The van der Waals surface area contributed by atoms with E-state index in [-0.39, 0.29) is 23.9 Å².